The molecule has 3 heteroatoms. The summed E-state index contributed by atoms with van der Waals surface area (Å²) in [6, 6.07) is 18.2. The fraction of sp³-hybridized carbons (Fsp3) is 0.308. The van der Waals surface area contributed by atoms with Gasteiger partial charge in [0.25, 0.3) is 0 Å². The molecule has 0 bridgehead atoms. The lowest BCUT2D eigenvalue weighted by molar-refractivity contribution is -0.120. The van der Waals surface area contributed by atoms with Gasteiger partial charge in [0.1, 0.15) is 0 Å². The minimum Gasteiger partial charge on any atom is -0.294 e. The molecule has 2 aromatic rings. The molecule has 1 aliphatic carbocycles. The van der Waals surface area contributed by atoms with Crippen molar-refractivity contribution in [2.24, 2.45) is 5.92 Å². The van der Waals surface area contributed by atoms with Gasteiger partial charge in [-0.15, -0.1) is 0 Å². The molecule has 3 nitrogen and oxygen atoms in total. The van der Waals surface area contributed by atoms with E-state index < -0.39 is 0 Å². The predicted molar refractivity (Wildman–Crippen MR) is 117 cm³/mol. The lowest BCUT2D eigenvalue weighted by Gasteiger charge is -2.37. The van der Waals surface area contributed by atoms with Crippen LogP contribution >= 0.6 is 0 Å². The number of amides is 1. The Morgan fingerprint density at radius 2 is 1.69 bits per heavy atom. The highest BCUT2D eigenvalue weighted by molar-refractivity contribution is 6.06. The van der Waals surface area contributed by atoms with E-state index in [1.165, 1.54) is 5.56 Å². The summed E-state index contributed by atoms with van der Waals surface area (Å²) in [5, 5.41) is 0. The first kappa shape index (κ1) is 19.4. The van der Waals surface area contributed by atoms with E-state index in [9.17, 15) is 9.59 Å². The van der Waals surface area contributed by atoms with Gasteiger partial charge in [0, 0.05) is 35.7 Å². The van der Waals surface area contributed by atoms with Crippen LogP contribution in [-0.2, 0) is 9.59 Å². The maximum Gasteiger partial charge on any atom is 0.232 e. The minimum absolute atomic E-state index is 0.0680. The zero-order chi connectivity index (χ0) is 20.4. The molecule has 0 saturated carbocycles. The van der Waals surface area contributed by atoms with E-state index in [0.717, 1.165) is 35.4 Å². The second-order valence-electron chi connectivity index (χ2n) is 8.19. The predicted octanol–water partition coefficient (Wildman–Crippen LogP) is 5.88. The quantitative estimate of drug-likeness (QED) is 0.659. The van der Waals surface area contributed by atoms with Gasteiger partial charge < -0.3 is 0 Å². The Hall–Kier alpha value is -2.94. The van der Waals surface area contributed by atoms with Gasteiger partial charge in [-0.2, -0.15) is 0 Å². The van der Waals surface area contributed by atoms with Gasteiger partial charge in [-0.05, 0) is 42.0 Å². The van der Waals surface area contributed by atoms with Crippen LogP contribution in [0.5, 0.6) is 0 Å². The number of allylic oxidation sites excluding steroid dienone is 3. The lowest BCUT2D eigenvalue weighted by Crippen LogP contribution is -2.40. The first-order chi connectivity index (χ1) is 14.0. The van der Waals surface area contributed by atoms with Crippen LogP contribution in [0, 0.1) is 5.92 Å². The van der Waals surface area contributed by atoms with Crippen molar-refractivity contribution in [3.05, 3.63) is 83.1 Å². The monoisotopic (exact) mass is 385 g/mol. The molecule has 1 atom stereocenters. The standard InChI is InChI=1S/C26H27NO2/c1-18(2)20-13-15-22(16-14-20)27-23-9-6-10-24(28)26(23)21(17-25(27)29)12-11-19-7-4-3-5-8-19/h3-5,7-8,11-16,18,21H,6,9-10,17H2,1-2H3/b12-11+. The molecule has 1 amide bonds. The first-order valence-corrected chi connectivity index (χ1v) is 10.5. The zero-order valence-corrected chi connectivity index (χ0v) is 17.1. The molecule has 0 spiro atoms. The number of ketones is 1. The highest BCUT2D eigenvalue weighted by atomic mass is 16.2. The lowest BCUT2D eigenvalue weighted by atomic mass is 9.80. The average molecular weight is 386 g/mol. The van der Waals surface area contributed by atoms with E-state index in [0.29, 0.717) is 18.8 Å². The Morgan fingerprint density at radius 3 is 2.38 bits per heavy atom. The Morgan fingerprint density at radius 1 is 0.966 bits per heavy atom. The van der Waals surface area contributed by atoms with Crippen molar-refractivity contribution in [3.8, 4) is 0 Å². The number of anilines is 1. The van der Waals surface area contributed by atoms with Crippen LogP contribution in [0.1, 0.15) is 56.6 Å². The summed E-state index contributed by atoms with van der Waals surface area (Å²) in [5.74, 6) is 0.556. The van der Waals surface area contributed by atoms with Crippen molar-refractivity contribution in [2.45, 2.75) is 45.4 Å². The van der Waals surface area contributed by atoms with Gasteiger partial charge in [-0.25, -0.2) is 0 Å². The van der Waals surface area contributed by atoms with Gasteiger partial charge in [0.2, 0.25) is 5.91 Å². The Kier molecular flexibility index (Phi) is 5.48. The molecular weight excluding hydrogens is 358 g/mol. The van der Waals surface area contributed by atoms with E-state index in [1.807, 2.05) is 54.6 Å². The SMILES string of the molecule is CC(C)c1ccc(N2C(=O)CC(/C=C/c3ccccc3)C3=C2CCCC3=O)cc1. The molecule has 29 heavy (non-hydrogen) atoms. The molecule has 1 aliphatic heterocycles. The summed E-state index contributed by atoms with van der Waals surface area (Å²) < 4.78 is 0. The van der Waals surface area contributed by atoms with Gasteiger partial charge in [0.15, 0.2) is 5.78 Å². The number of nitrogens with zero attached hydrogens (tertiary/aromatic N) is 1. The largest absolute Gasteiger partial charge is 0.294 e. The topological polar surface area (TPSA) is 37.4 Å². The van der Waals surface area contributed by atoms with Gasteiger partial charge in [-0.3, -0.25) is 14.5 Å². The Bertz CT molecular complexity index is 968. The summed E-state index contributed by atoms with van der Waals surface area (Å²) in [6.45, 7) is 4.32. The van der Waals surface area contributed by atoms with Crippen LogP contribution in [0.25, 0.3) is 6.08 Å². The van der Waals surface area contributed by atoms with Crippen molar-refractivity contribution >= 4 is 23.5 Å². The highest BCUT2D eigenvalue weighted by Crippen LogP contribution is 2.40. The third-order valence-electron chi connectivity index (χ3n) is 5.85. The molecule has 4 rings (SSSR count). The van der Waals surface area contributed by atoms with Crippen molar-refractivity contribution in [1.29, 1.82) is 0 Å². The van der Waals surface area contributed by atoms with Gasteiger partial charge >= 0.3 is 0 Å². The van der Waals surface area contributed by atoms with Crippen molar-refractivity contribution in [1.82, 2.24) is 0 Å². The molecule has 1 unspecified atom stereocenters. The van der Waals surface area contributed by atoms with Crippen LogP contribution in [-0.4, -0.2) is 11.7 Å². The molecule has 0 radical (unpaired) electrons. The van der Waals surface area contributed by atoms with Gasteiger partial charge in [-0.1, -0.05) is 68.5 Å². The number of Topliss-reactive ketones (excluding diaryl/α,β-unsaturated/α-hetero) is 1. The maximum atomic E-state index is 13.1. The van der Waals surface area contributed by atoms with Crippen molar-refractivity contribution in [3.63, 3.8) is 0 Å². The molecule has 0 aromatic heterocycles. The molecule has 0 N–H and O–H groups in total. The number of rotatable bonds is 4. The maximum absolute atomic E-state index is 13.1. The number of hydrogen-bond donors (Lipinski definition) is 0. The summed E-state index contributed by atoms with van der Waals surface area (Å²) in [7, 11) is 0. The zero-order valence-electron chi connectivity index (χ0n) is 17.1. The fourth-order valence-electron chi connectivity index (χ4n) is 4.30. The van der Waals surface area contributed by atoms with Gasteiger partial charge in [0.05, 0.1) is 0 Å². The molecule has 0 fully saturated rings. The molecule has 148 valence electrons. The third kappa shape index (κ3) is 3.95. The third-order valence-corrected chi connectivity index (χ3v) is 5.85. The Balaban J connectivity index is 1.71. The molecular formula is C26H27NO2. The molecule has 0 saturated heterocycles. The Labute approximate surface area is 172 Å². The van der Waals surface area contributed by atoms with E-state index in [1.54, 1.807) is 4.90 Å². The summed E-state index contributed by atoms with van der Waals surface area (Å²) in [4.78, 5) is 27.8. The minimum atomic E-state index is -0.142. The fourth-order valence-corrected chi connectivity index (χ4v) is 4.30. The number of carbonyl (C=O) groups is 2. The van der Waals surface area contributed by atoms with Crippen molar-refractivity contribution in [2.75, 3.05) is 4.90 Å². The highest BCUT2D eigenvalue weighted by Gasteiger charge is 2.37. The smallest absolute Gasteiger partial charge is 0.232 e. The summed E-state index contributed by atoms with van der Waals surface area (Å²) in [6.07, 6.45) is 6.54. The van der Waals surface area contributed by atoms with Crippen LogP contribution in [0.15, 0.2) is 71.9 Å². The number of carbonyl (C=O) groups excluding carboxylic acids is 2. The van der Waals surface area contributed by atoms with E-state index in [4.69, 9.17) is 0 Å². The molecule has 2 aromatic carbocycles. The second-order valence-corrected chi connectivity index (χ2v) is 8.19. The molecule has 1 heterocycles. The van der Waals surface area contributed by atoms with Crippen LogP contribution in [0.3, 0.4) is 0 Å². The number of hydrogen-bond acceptors (Lipinski definition) is 2. The normalized spacial score (nSPS) is 20.0. The average Bonchev–Trinajstić information content (AvgIpc) is 2.73. The second kappa shape index (κ2) is 8.20. The van der Waals surface area contributed by atoms with E-state index >= 15 is 0 Å². The van der Waals surface area contributed by atoms with Crippen LogP contribution in [0.2, 0.25) is 0 Å². The van der Waals surface area contributed by atoms with Crippen LogP contribution < -0.4 is 4.90 Å². The summed E-state index contributed by atoms with van der Waals surface area (Å²) >= 11 is 0. The first-order valence-electron chi connectivity index (χ1n) is 10.5. The van der Waals surface area contributed by atoms with Crippen LogP contribution in [0.4, 0.5) is 5.69 Å². The summed E-state index contributed by atoms with van der Waals surface area (Å²) in [5.41, 5.74) is 4.92. The van der Waals surface area contributed by atoms with E-state index in [2.05, 4.69) is 26.0 Å². The van der Waals surface area contributed by atoms with Crippen molar-refractivity contribution < 1.29 is 9.59 Å². The number of benzene rings is 2. The molecule has 2 aliphatic rings. The van der Waals surface area contributed by atoms with E-state index in [-0.39, 0.29) is 17.6 Å².